The van der Waals surface area contributed by atoms with Gasteiger partial charge in [-0.25, -0.2) is 0 Å². The Bertz CT molecular complexity index is 309. The Balaban J connectivity index is 1.97. The number of rotatable bonds is 6. The average molecular weight is 255 g/mol. The molecule has 1 aliphatic rings. The zero-order valence-corrected chi connectivity index (χ0v) is 10.8. The minimum atomic E-state index is -0.654. The van der Waals surface area contributed by atoms with Crippen molar-refractivity contribution in [3.05, 3.63) is 22.4 Å². The smallest absolute Gasteiger partial charge is 0.0895 e. The SMILES string of the molecule is OCC(O)CNC(c1cccs1)C1CCCC1. The summed E-state index contributed by atoms with van der Waals surface area (Å²) in [5.74, 6) is 0.680. The van der Waals surface area contributed by atoms with E-state index in [1.54, 1.807) is 11.3 Å². The molecule has 1 heterocycles. The summed E-state index contributed by atoms with van der Waals surface area (Å²) in [7, 11) is 0. The van der Waals surface area contributed by atoms with Crippen molar-refractivity contribution in [2.45, 2.75) is 37.8 Å². The van der Waals surface area contributed by atoms with Crippen LogP contribution in [0.1, 0.15) is 36.6 Å². The van der Waals surface area contributed by atoms with Crippen molar-refractivity contribution in [3.8, 4) is 0 Å². The lowest BCUT2D eigenvalue weighted by atomic mass is 9.96. The predicted molar refractivity (Wildman–Crippen MR) is 70.1 cm³/mol. The van der Waals surface area contributed by atoms with Crippen molar-refractivity contribution in [1.29, 1.82) is 0 Å². The summed E-state index contributed by atoms with van der Waals surface area (Å²) in [5, 5.41) is 23.8. The molecule has 2 atom stereocenters. The highest BCUT2D eigenvalue weighted by Gasteiger charge is 2.26. The van der Waals surface area contributed by atoms with Gasteiger partial charge in [-0.05, 0) is 30.2 Å². The Hall–Kier alpha value is -0.420. The molecule has 1 aromatic heterocycles. The van der Waals surface area contributed by atoms with Crippen LogP contribution in [0.15, 0.2) is 17.5 Å². The van der Waals surface area contributed by atoms with Gasteiger partial charge in [0, 0.05) is 17.5 Å². The van der Waals surface area contributed by atoms with Gasteiger partial charge in [0.25, 0.3) is 0 Å². The van der Waals surface area contributed by atoms with Crippen molar-refractivity contribution >= 4 is 11.3 Å². The number of hydrogen-bond donors (Lipinski definition) is 3. The first-order valence-electron chi connectivity index (χ1n) is 6.37. The van der Waals surface area contributed by atoms with Crippen molar-refractivity contribution in [3.63, 3.8) is 0 Å². The maximum atomic E-state index is 9.44. The Labute approximate surface area is 106 Å². The molecule has 0 saturated heterocycles. The molecule has 1 aromatic rings. The molecule has 1 saturated carbocycles. The third-order valence-corrected chi connectivity index (χ3v) is 4.46. The second-order valence-corrected chi connectivity index (χ2v) is 5.76. The van der Waals surface area contributed by atoms with E-state index in [1.807, 2.05) is 0 Å². The van der Waals surface area contributed by atoms with E-state index in [1.165, 1.54) is 30.6 Å². The normalized spacial score (nSPS) is 20.6. The lowest BCUT2D eigenvalue weighted by Crippen LogP contribution is -2.34. The molecule has 3 nitrogen and oxygen atoms in total. The minimum absolute atomic E-state index is 0.172. The number of aliphatic hydroxyl groups is 2. The van der Waals surface area contributed by atoms with Gasteiger partial charge in [0.2, 0.25) is 0 Å². The van der Waals surface area contributed by atoms with Crippen LogP contribution in [0.5, 0.6) is 0 Å². The molecular formula is C13H21NO2S. The summed E-state index contributed by atoms with van der Waals surface area (Å²) in [6, 6.07) is 4.58. The molecule has 0 radical (unpaired) electrons. The molecule has 1 aliphatic carbocycles. The molecule has 2 unspecified atom stereocenters. The Kier molecular flexibility index (Phi) is 4.98. The second-order valence-electron chi connectivity index (χ2n) is 4.78. The molecule has 1 fully saturated rings. The van der Waals surface area contributed by atoms with Gasteiger partial charge in [-0.2, -0.15) is 0 Å². The zero-order valence-electron chi connectivity index (χ0n) is 10.0. The van der Waals surface area contributed by atoms with E-state index >= 15 is 0 Å². The van der Waals surface area contributed by atoms with Crippen LogP contribution in [0, 0.1) is 5.92 Å². The fourth-order valence-corrected chi connectivity index (χ4v) is 3.48. The monoisotopic (exact) mass is 255 g/mol. The van der Waals surface area contributed by atoms with Gasteiger partial charge in [-0.3, -0.25) is 0 Å². The minimum Gasteiger partial charge on any atom is -0.394 e. The average Bonchev–Trinajstić information content (AvgIpc) is 3.01. The fourth-order valence-electron chi connectivity index (χ4n) is 2.59. The van der Waals surface area contributed by atoms with Gasteiger partial charge in [0.1, 0.15) is 0 Å². The van der Waals surface area contributed by atoms with E-state index in [4.69, 9.17) is 5.11 Å². The molecule has 0 amide bonds. The van der Waals surface area contributed by atoms with Crippen LogP contribution in [0.25, 0.3) is 0 Å². The van der Waals surface area contributed by atoms with Gasteiger partial charge in [0.05, 0.1) is 12.7 Å². The highest BCUT2D eigenvalue weighted by atomic mass is 32.1. The summed E-state index contributed by atoms with van der Waals surface area (Å²) in [6.07, 6.45) is 4.52. The highest BCUT2D eigenvalue weighted by Crippen LogP contribution is 2.37. The molecule has 4 heteroatoms. The number of aliphatic hydroxyl groups excluding tert-OH is 2. The van der Waals surface area contributed by atoms with Crippen LogP contribution >= 0.6 is 11.3 Å². The highest BCUT2D eigenvalue weighted by molar-refractivity contribution is 7.10. The molecule has 2 rings (SSSR count). The molecule has 96 valence electrons. The van der Waals surface area contributed by atoms with E-state index < -0.39 is 6.10 Å². The van der Waals surface area contributed by atoms with Crippen LogP contribution in [0.4, 0.5) is 0 Å². The van der Waals surface area contributed by atoms with Crippen molar-refractivity contribution in [2.24, 2.45) is 5.92 Å². The van der Waals surface area contributed by atoms with E-state index in [2.05, 4.69) is 22.8 Å². The van der Waals surface area contributed by atoms with Gasteiger partial charge in [0.15, 0.2) is 0 Å². The van der Waals surface area contributed by atoms with Gasteiger partial charge < -0.3 is 15.5 Å². The third kappa shape index (κ3) is 3.52. The third-order valence-electron chi connectivity index (χ3n) is 3.51. The topological polar surface area (TPSA) is 52.5 Å². The maximum absolute atomic E-state index is 9.44. The standard InChI is InChI=1S/C13H21NO2S/c15-9-11(16)8-14-13(10-4-1-2-5-10)12-6-3-7-17-12/h3,6-7,10-11,13-16H,1-2,4-5,8-9H2. The molecule has 0 aliphatic heterocycles. The summed E-state index contributed by atoms with van der Waals surface area (Å²) in [5.41, 5.74) is 0. The molecule has 17 heavy (non-hydrogen) atoms. The van der Waals surface area contributed by atoms with Gasteiger partial charge in [-0.15, -0.1) is 11.3 Å². The van der Waals surface area contributed by atoms with Crippen LogP contribution < -0.4 is 5.32 Å². The predicted octanol–water partition coefficient (Wildman–Crippen LogP) is 1.92. The summed E-state index contributed by atoms with van der Waals surface area (Å²) in [6.45, 7) is 0.296. The summed E-state index contributed by atoms with van der Waals surface area (Å²) in [4.78, 5) is 1.35. The van der Waals surface area contributed by atoms with Crippen LogP contribution in [0.2, 0.25) is 0 Å². The van der Waals surface area contributed by atoms with Crippen LogP contribution in [-0.2, 0) is 0 Å². The Morgan fingerprint density at radius 1 is 1.41 bits per heavy atom. The lowest BCUT2D eigenvalue weighted by Gasteiger charge is -2.24. The number of thiophene rings is 1. The van der Waals surface area contributed by atoms with E-state index in [0.29, 0.717) is 18.5 Å². The summed E-state index contributed by atoms with van der Waals surface area (Å²) < 4.78 is 0. The maximum Gasteiger partial charge on any atom is 0.0895 e. The van der Waals surface area contributed by atoms with Crippen molar-refractivity contribution in [2.75, 3.05) is 13.2 Å². The summed E-state index contributed by atoms with van der Waals surface area (Å²) >= 11 is 1.77. The Morgan fingerprint density at radius 2 is 2.18 bits per heavy atom. The first-order valence-corrected chi connectivity index (χ1v) is 7.25. The molecule has 0 bridgehead atoms. The molecule has 3 N–H and O–H groups in total. The quantitative estimate of drug-likeness (QED) is 0.728. The first-order chi connectivity index (χ1) is 8.31. The number of nitrogens with one attached hydrogen (secondary N) is 1. The Morgan fingerprint density at radius 3 is 2.76 bits per heavy atom. The first kappa shape index (κ1) is 13.0. The van der Waals surface area contributed by atoms with Crippen molar-refractivity contribution < 1.29 is 10.2 Å². The van der Waals surface area contributed by atoms with E-state index in [9.17, 15) is 5.11 Å². The van der Waals surface area contributed by atoms with E-state index in [-0.39, 0.29) is 6.61 Å². The molecule has 0 aromatic carbocycles. The zero-order chi connectivity index (χ0) is 12.1. The van der Waals surface area contributed by atoms with Gasteiger partial charge in [-0.1, -0.05) is 18.9 Å². The van der Waals surface area contributed by atoms with Crippen LogP contribution in [0.3, 0.4) is 0 Å². The number of hydrogen-bond acceptors (Lipinski definition) is 4. The second kappa shape index (κ2) is 6.50. The molecular weight excluding hydrogens is 234 g/mol. The lowest BCUT2D eigenvalue weighted by molar-refractivity contribution is 0.0896. The van der Waals surface area contributed by atoms with Crippen LogP contribution in [-0.4, -0.2) is 29.5 Å². The van der Waals surface area contributed by atoms with Gasteiger partial charge >= 0.3 is 0 Å². The largest absolute Gasteiger partial charge is 0.394 e. The molecule has 0 spiro atoms. The van der Waals surface area contributed by atoms with Crippen molar-refractivity contribution in [1.82, 2.24) is 5.32 Å². The van der Waals surface area contributed by atoms with E-state index in [0.717, 1.165) is 0 Å². The fraction of sp³-hybridized carbons (Fsp3) is 0.692.